The van der Waals surface area contributed by atoms with Gasteiger partial charge in [-0.2, -0.15) is 26.3 Å². The van der Waals surface area contributed by atoms with E-state index in [9.17, 15) is 45.8 Å². The van der Waals surface area contributed by atoms with Crippen LogP contribution in [0.1, 0.15) is 95.6 Å². The summed E-state index contributed by atoms with van der Waals surface area (Å²) in [5.74, 6) is -4.82. The van der Waals surface area contributed by atoms with Gasteiger partial charge in [0.05, 0.1) is 32.0 Å². The van der Waals surface area contributed by atoms with Gasteiger partial charge in [-0.25, -0.2) is 14.4 Å². The summed E-state index contributed by atoms with van der Waals surface area (Å²) in [6, 6.07) is 13.8. The van der Waals surface area contributed by atoms with Crippen LogP contribution >= 0.6 is 0 Å². The normalized spacial score (nSPS) is 26.9. The fourth-order valence-corrected chi connectivity index (χ4v) is 8.59. The summed E-state index contributed by atoms with van der Waals surface area (Å²) in [6.45, 7) is 6.19. The van der Waals surface area contributed by atoms with Crippen molar-refractivity contribution in [2.24, 2.45) is 0 Å². The van der Waals surface area contributed by atoms with Crippen molar-refractivity contribution < 1.29 is 107 Å². The smallest absolute Gasteiger partial charge is 0.425 e. The number of aliphatic hydroxyl groups is 1. The van der Waals surface area contributed by atoms with Crippen LogP contribution in [0, 0.1) is 0 Å². The number of ether oxygens (including phenoxy) is 13. The Labute approximate surface area is 446 Å². The van der Waals surface area contributed by atoms with Crippen LogP contribution < -0.4 is 18.9 Å². The second kappa shape index (κ2) is 26.5. The van der Waals surface area contributed by atoms with E-state index in [1.165, 1.54) is 77.0 Å². The molecule has 7 rings (SSSR count). The van der Waals surface area contributed by atoms with Gasteiger partial charge >= 0.3 is 30.3 Å². The molecular formula is C55H62F6O17. The Hall–Kier alpha value is -6.47. The van der Waals surface area contributed by atoms with Crippen LogP contribution in [0.2, 0.25) is 0 Å². The molecule has 0 saturated carbocycles. The molecule has 2 unspecified atom stereocenters. The van der Waals surface area contributed by atoms with Crippen LogP contribution in [0.4, 0.5) is 26.3 Å². The second-order valence-corrected chi connectivity index (χ2v) is 18.8. The number of methoxy groups -OCH3 is 4. The van der Waals surface area contributed by atoms with E-state index in [1.54, 1.807) is 70.2 Å². The number of carbonyl (C=O) groups excluding carboxylic acids is 3. The number of fused-ring (bicyclic) bond motifs is 4. The number of benzene rings is 3. The first-order chi connectivity index (χ1) is 36.9. The highest BCUT2D eigenvalue weighted by molar-refractivity contribution is 5.98. The van der Waals surface area contributed by atoms with E-state index in [-0.39, 0.29) is 71.5 Å². The molecule has 3 aromatic rings. The molecule has 426 valence electrons. The first kappa shape index (κ1) is 60.8. The Balaban J connectivity index is 0.000000258. The summed E-state index contributed by atoms with van der Waals surface area (Å²) in [7, 11) is 5.51. The van der Waals surface area contributed by atoms with Crippen molar-refractivity contribution >= 4 is 30.1 Å². The number of rotatable bonds is 10. The van der Waals surface area contributed by atoms with Gasteiger partial charge in [-0.3, -0.25) is 0 Å². The maximum Gasteiger partial charge on any atom is 0.425 e. The van der Waals surface area contributed by atoms with Crippen LogP contribution in [-0.4, -0.2) is 138 Å². The zero-order chi connectivity index (χ0) is 57.0. The van der Waals surface area contributed by atoms with Gasteiger partial charge in [0, 0.05) is 39.2 Å². The fourth-order valence-electron chi connectivity index (χ4n) is 8.59. The van der Waals surface area contributed by atoms with Gasteiger partial charge in [0.2, 0.25) is 12.2 Å². The molecule has 0 aliphatic carbocycles. The molecule has 2 fully saturated rings. The van der Waals surface area contributed by atoms with Crippen molar-refractivity contribution in [1.29, 1.82) is 0 Å². The monoisotopic (exact) mass is 1110 g/mol. The molecule has 4 heterocycles. The van der Waals surface area contributed by atoms with E-state index < -0.39 is 104 Å². The Morgan fingerprint density at radius 2 is 1.06 bits per heavy atom. The van der Waals surface area contributed by atoms with Crippen molar-refractivity contribution in [2.75, 3.05) is 42.0 Å². The molecule has 0 amide bonds. The lowest BCUT2D eigenvalue weighted by Crippen LogP contribution is -2.38. The third-order valence-corrected chi connectivity index (χ3v) is 12.0. The average molecular weight is 1110 g/mol. The summed E-state index contributed by atoms with van der Waals surface area (Å²) in [5, 5.41) is 10.6. The lowest BCUT2D eigenvalue weighted by Gasteiger charge is -2.25. The van der Waals surface area contributed by atoms with E-state index in [2.05, 4.69) is 0 Å². The first-order valence-corrected chi connectivity index (χ1v) is 24.4. The van der Waals surface area contributed by atoms with E-state index in [0.717, 1.165) is 12.2 Å². The lowest BCUT2D eigenvalue weighted by atomic mass is 10.0. The van der Waals surface area contributed by atoms with Crippen molar-refractivity contribution in [3.8, 4) is 23.0 Å². The summed E-state index contributed by atoms with van der Waals surface area (Å²) in [5.41, 5.74) is 0.202. The highest BCUT2D eigenvalue weighted by atomic mass is 19.4. The quantitative estimate of drug-likeness (QED) is 0.0663. The zero-order valence-electron chi connectivity index (χ0n) is 43.9. The highest BCUT2D eigenvalue weighted by Crippen LogP contribution is 2.39. The van der Waals surface area contributed by atoms with Crippen LogP contribution in [0.25, 0.3) is 12.2 Å². The topological polar surface area (TPSA) is 191 Å². The van der Waals surface area contributed by atoms with Crippen LogP contribution in [-0.2, 0) is 42.6 Å². The van der Waals surface area contributed by atoms with Crippen LogP contribution in [0.15, 0.2) is 91.1 Å². The first-order valence-electron chi connectivity index (χ1n) is 24.4. The van der Waals surface area contributed by atoms with Gasteiger partial charge in [-0.1, -0.05) is 60.7 Å². The molecule has 1 N–H and O–H groups in total. The Kier molecular flexibility index (Phi) is 20.6. The number of alkyl halides is 6. The highest BCUT2D eigenvalue weighted by Gasteiger charge is 2.48. The molecule has 0 aromatic heterocycles. The molecule has 0 radical (unpaired) electrons. The van der Waals surface area contributed by atoms with Crippen LogP contribution in [0.5, 0.6) is 23.0 Å². The molecule has 0 spiro atoms. The number of cyclic esters (lactones) is 2. The minimum Gasteiger partial charge on any atom is -0.497 e. The van der Waals surface area contributed by atoms with Crippen molar-refractivity contribution in [3.05, 3.63) is 119 Å². The molecular weight excluding hydrogens is 1050 g/mol. The molecule has 78 heavy (non-hydrogen) atoms. The average Bonchev–Trinajstić information content (AvgIpc) is 3.89. The molecule has 8 atom stereocenters. The molecule has 0 bridgehead atoms. The van der Waals surface area contributed by atoms with Gasteiger partial charge in [-0.05, 0) is 82.0 Å². The third-order valence-electron chi connectivity index (χ3n) is 12.0. The zero-order valence-corrected chi connectivity index (χ0v) is 43.9. The van der Waals surface area contributed by atoms with E-state index in [4.69, 9.17) is 61.6 Å². The van der Waals surface area contributed by atoms with E-state index >= 15 is 0 Å². The predicted octanol–water partition coefficient (Wildman–Crippen LogP) is 9.88. The standard InChI is InChI=1S/C31H33F3O9.C24H29F3O8/c1-30(2)42-23-14-8-12-20-16-21(38-4)17-24(39-18-37-3)26(20)29(36)41-25(31(32,33)34)15-9-13-22(27(23)43-30)40-28(35)19-10-6-5-7-11-19;1-23(2)34-17-9-5-7-14-11-15(31-4)12-18(32-13-30-3)20(14)22(29)33-19(24(25,26)27)10-6-8-16(28)21(17)35-23/h5-13,16-17,22-23,25,27H,14-15,18H2,1-4H3;5-8,11-12,16-17,19,21,28H,9-10,13H2,1-4H3/b12-8+,13-9-;7-5+,8-6-/t22?,23-,25+,27+;16?,17-,19+,21+/m00/s1. The number of hydrogen-bond donors (Lipinski definition) is 1. The Morgan fingerprint density at radius 3 is 1.51 bits per heavy atom. The van der Waals surface area contributed by atoms with E-state index in [0.29, 0.717) is 5.75 Å². The minimum atomic E-state index is -4.92. The number of aliphatic hydroxyl groups excluding tert-OH is 1. The van der Waals surface area contributed by atoms with Gasteiger partial charge in [0.1, 0.15) is 58.5 Å². The maximum atomic E-state index is 14.1. The number of carbonyl (C=O) groups is 3. The molecule has 4 aliphatic rings. The summed E-state index contributed by atoms with van der Waals surface area (Å²) in [4.78, 5) is 39.3. The lowest BCUT2D eigenvalue weighted by molar-refractivity contribution is -0.203. The maximum absolute atomic E-state index is 14.1. The van der Waals surface area contributed by atoms with Gasteiger partial charge in [-0.15, -0.1) is 0 Å². The summed E-state index contributed by atoms with van der Waals surface area (Å²) in [6.07, 6.45) is -9.85. The number of halogens is 6. The number of hydrogen-bond acceptors (Lipinski definition) is 17. The minimum absolute atomic E-state index is 0.0608. The number of esters is 3. The Morgan fingerprint density at radius 1 is 0.615 bits per heavy atom. The SMILES string of the molecule is COCOc1cc(OC)cc2c1C(=O)O[C@@H](C(F)(F)F)C/C=C\C(O)[C@H]1OC(C)(C)O[C@H]1C/C=C/2.COCOc1cc(OC)cc2c1C(=O)O[C@@H](C(F)(F)F)C/C=C\C(OC(=O)c1ccccc1)[C@H]1OC(C)(C)O[C@H]1C/C=C/2. The van der Waals surface area contributed by atoms with Gasteiger partial charge < -0.3 is 66.7 Å². The summed E-state index contributed by atoms with van der Waals surface area (Å²) < 4.78 is 154. The Bertz CT molecular complexity index is 2650. The fraction of sp³-hybridized carbons (Fsp3) is 0.473. The van der Waals surface area contributed by atoms with Gasteiger partial charge in [0.15, 0.2) is 25.2 Å². The summed E-state index contributed by atoms with van der Waals surface area (Å²) >= 11 is 0. The van der Waals surface area contributed by atoms with Crippen molar-refractivity contribution in [1.82, 2.24) is 0 Å². The molecule has 17 nitrogen and oxygen atoms in total. The van der Waals surface area contributed by atoms with Crippen molar-refractivity contribution in [2.45, 2.75) is 126 Å². The largest absolute Gasteiger partial charge is 0.497 e. The predicted molar refractivity (Wildman–Crippen MR) is 266 cm³/mol. The van der Waals surface area contributed by atoms with E-state index in [1.807, 2.05) is 0 Å². The molecule has 4 aliphatic heterocycles. The molecule has 2 saturated heterocycles. The third kappa shape index (κ3) is 16.3. The van der Waals surface area contributed by atoms with Gasteiger partial charge in [0.25, 0.3) is 0 Å². The second-order valence-electron chi connectivity index (χ2n) is 18.8. The molecule has 3 aromatic carbocycles. The van der Waals surface area contributed by atoms with Crippen LogP contribution in [0.3, 0.4) is 0 Å². The molecule has 23 heteroatoms. The van der Waals surface area contributed by atoms with Crippen molar-refractivity contribution in [3.63, 3.8) is 0 Å².